The van der Waals surface area contributed by atoms with E-state index in [9.17, 15) is 8.78 Å². The number of halogens is 3. The van der Waals surface area contributed by atoms with Crippen molar-refractivity contribution in [2.75, 3.05) is 0 Å². The standard InChI is InChI=1S/C19H16ClF2NOS/c1-11-6-12(2)25-17(11)8-13-7-16(14-4-3-5-15(20)9-14)18(23-10-13)24-19(21)22/h3-7,9-10,19H,8H2,1-2H3. The largest absolute Gasteiger partial charge is 0.416 e. The van der Waals surface area contributed by atoms with Gasteiger partial charge in [0.2, 0.25) is 5.88 Å². The Morgan fingerprint density at radius 2 is 2.00 bits per heavy atom. The smallest absolute Gasteiger partial charge is 0.388 e. The molecule has 6 heteroatoms. The molecule has 1 aromatic carbocycles. The number of thiophene rings is 1. The highest BCUT2D eigenvalue weighted by molar-refractivity contribution is 7.12. The predicted molar refractivity (Wildman–Crippen MR) is 97.9 cm³/mol. The first-order valence-corrected chi connectivity index (χ1v) is 8.87. The third-order valence-corrected chi connectivity index (χ3v) is 5.14. The number of ether oxygens (including phenoxy) is 1. The van der Waals surface area contributed by atoms with Crippen LogP contribution in [-0.2, 0) is 6.42 Å². The van der Waals surface area contributed by atoms with Gasteiger partial charge in [-0.05, 0) is 54.8 Å². The number of aromatic nitrogens is 1. The van der Waals surface area contributed by atoms with Gasteiger partial charge < -0.3 is 4.74 Å². The van der Waals surface area contributed by atoms with E-state index in [0.717, 1.165) is 5.56 Å². The number of pyridine rings is 1. The number of aryl methyl sites for hydroxylation is 2. The maximum atomic E-state index is 12.7. The fourth-order valence-corrected chi connectivity index (χ4v) is 3.96. The number of hydrogen-bond donors (Lipinski definition) is 0. The fourth-order valence-electron chi connectivity index (χ4n) is 2.68. The van der Waals surface area contributed by atoms with Crippen molar-refractivity contribution in [3.05, 3.63) is 68.5 Å². The maximum absolute atomic E-state index is 12.7. The van der Waals surface area contributed by atoms with Gasteiger partial charge >= 0.3 is 6.61 Å². The van der Waals surface area contributed by atoms with Crippen molar-refractivity contribution >= 4 is 22.9 Å². The summed E-state index contributed by atoms with van der Waals surface area (Å²) in [7, 11) is 0. The van der Waals surface area contributed by atoms with Gasteiger partial charge in [0.1, 0.15) is 0 Å². The van der Waals surface area contributed by atoms with E-state index in [0.29, 0.717) is 22.6 Å². The molecule has 0 aliphatic carbocycles. The Hall–Kier alpha value is -1.98. The molecule has 25 heavy (non-hydrogen) atoms. The molecule has 0 bridgehead atoms. The third-order valence-electron chi connectivity index (χ3n) is 3.75. The van der Waals surface area contributed by atoms with Gasteiger partial charge in [-0.2, -0.15) is 8.78 Å². The second-order valence-corrected chi connectivity index (χ2v) is 7.50. The zero-order valence-electron chi connectivity index (χ0n) is 13.7. The third kappa shape index (κ3) is 4.35. The van der Waals surface area contributed by atoms with Gasteiger partial charge in [-0.1, -0.05) is 23.7 Å². The van der Waals surface area contributed by atoms with Gasteiger partial charge in [-0.3, -0.25) is 0 Å². The summed E-state index contributed by atoms with van der Waals surface area (Å²) in [6.45, 7) is 1.20. The van der Waals surface area contributed by atoms with E-state index in [1.165, 1.54) is 15.3 Å². The molecule has 2 nitrogen and oxygen atoms in total. The Morgan fingerprint density at radius 3 is 2.64 bits per heavy atom. The second kappa shape index (κ2) is 7.50. The Bertz CT molecular complexity index is 895. The van der Waals surface area contributed by atoms with Gasteiger partial charge in [-0.25, -0.2) is 4.98 Å². The van der Waals surface area contributed by atoms with Crippen LogP contribution in [0.4, 0.5) is 8.78 Å². The molecule has 2 aromatic heterocycles. The molecule has 0 unspecified atom stereocenters. The Morgan fingerprint density at radius 1 is 1.20 bits per heavy atom. The topological polar surface area (TPSA) is 22.1 Å². The molecule has 0 saturated heterocycles. The highest BCUT2D eigenvalue weighted by Crippen LogP contribution is 2.33. The van der Waals surface area contributed by atoms with E-state index in [-0.39, 0.29) is 5.88 Å². The van der Waals surface area contributed by atoms with Gasteiger partial charge in [0.05, 0.1) is 0 Å². The van der Waals surface area contributed by atoms with Gasteiger partial charge in [0.25, 0.3) is 0 Å². The lowest BCUT2D eigenvalue weighted by molar-refractivity contribution is -0.0524. The minimum atomic E-state index is -2.93. The summed E-state index contributed by atoms with van der Waals surface area (Å²) in [5, 5.41) is 0.524. The van der Waals surface area contributed by atoms with E-state index < -0.39 is 6.61 Å². The Balaban J connectivity index is 2.01. The molecule has 3 aromatic rings. The number of alkyl halides is 2. The Labute approximate surface area is 154 Å². The summed E-state index contributed by atoms with van der Waals surface area (Å²) in [6, 6.07) is 11.0. The molecule has 0 amide bonds. The van der Waals surface area contributed by atoms with E-state index in [1.807, 2.05) is 6.07 Å². The van der Waals surface area contributed by atoms with E-state index in [1.54, 1.807) is 41.8 Å². The zero-order valence-corrected chi connectivity index (χ0v) is 15.3. The molecule has 3 rings (SSSR count). The SMILES string of the molecule is Cc1cc(C)c(Cc2cnc(OC(F)F)c(-c3cccc(Cl)c3)c2)s1. The van der Waals surface area contributed by atoms with Gasteiger partial charge in [0, 0.05) is 33.0 Å². The summed E-state index contributed by atoms with van der Waals surface area (Å²) in [4.78, 5) is 6.60. The lowest BCUT2D eigenvalue weighted by atomic mass is 10.0. The first-order chi connectivity index (χ1) is 11.9. The molecule has 0 aliphatic rings. The molecular weight excluding hydrogens is 364 g/mol. The van der Waals surface area contributed by atoms with Gasteiger partial charge in [0.15, 0.2) is 0 Å². The number of hydrogen-bond acceptors (Lipinski definition) is 3. The second-order valence-electron chi connectivity index (χ2n) is 5.73. The highest BCUT2D eigenvalue weighted by Gasteiger charge is 2.15. The normalized spacial score (nSPS) is 11.1. The van der Waals surface area contributed by atoms with Crippen LogP contribution in [0.15, 0.2) is 42.6 Å². The zero-order chi connectivity index (χ0) is 18.0. The van der Waals surface area contributed by atoms with Crippen LogP contribution in [-0.4, -0.2) is 11.6 Å². The molecule has 0 fully saturated rings. The summed E-state index contributed by atoms with van der Waals surface area (Å²) < 4.78 is 30.0. The minimum absolute atomic E-state index is 0.0971. The van der Waals surface area contributed by atoms with E-state index >= 15 is 0 Å². The summed E-state index contributed by atoms with van der Waals surface area (Å²) in [5.74, 6) is -0.0971. The van der Waals surface area contributed by atoms with Crippen LogP contribution in [0.2, 0.25) is 5.02 Å². The summed E-state index contributed by atoms with van der Waals surface area (Å²) in [6.07, 6.45) is 2.28. The average Bonchev–Trinajstić information content (AvgIpc) is 2.86. The van der Waals surface area contributed by atoms with E-state index in [2.05, 4.69) is 29.6 Å². The summed E-state index contributed by atoms with van der Waals surface area (Å²) in [5.41, 5.74) is 3.35. The predicted octanol–water partition coefficient (Wildman–Crippen LogP) is 6.27. The lowest BCUT2D eigenvalue weighted by Gasteiger charge is -2.12. The van der Waals surface area contributed by atoms with Crippen molar-refractivity contribution in [1.29, 1.82) is 0 Å². The van der Waals surface area contributed by atoms with Crippen molar-refractivity contribution in [3.63, 3.8) is 0 Å². The van der Waals surface area contributed by atoms with Crippen molar-refractivity contribution in [2.45, 2.75) is 26.9 Å². The quantitative estimate of drug-likeness (QED) is 0.521. The molecule has 0 atom stereocenters. The van der Waals surface area contributed by atoms with Crippen LogP contribution in [0.5, 0.6) is 5.88 Å². The van der Waals surface area contributed by atoms with Gasteiger partial charge in [-0.15, -0.1) is 11.3 Å². The lowest BCUT2D eigenvalue weighted by Crippen LogP contribution is -2.05. The highest BCUT2D eigenvalue weighted by atomic mass is 35.5. The molecule has 0 saturated carbocycles. The number of benzene rings is 1. The minimum Gasteiger partial charge on any atom is -0.416 e. The van der Waals surface area contributed by atoms with Crippen LogP contribution < -0.4 is 4.74 Å². The van der Waals surface area contributed by atoms with Crippen LogP contribution in [0.1, 0.15) is 20.9 Å². The van der Waals surface area contributed by atoms with Crippen molar-refractivity contribution in [1.82, 2.24) is 4.98 Å². The molecule has 0 spiro atoms. The van der Waals surface area contributed by atoms with Crippen molar-refractivity contribution in [3.8, 4) is 17.0 Å². The molecular formula is C19H16ClF2NOS. The Kier molecular flexibility index (Phi) is 5.35. The van der Waals surface area contributed by atoms with Crippen LogP contribution in [0, 0.1) is 13.8 Å². The first-order valence-electron chi connectivity index (χ1n) is 7.68. The fraction of sp³-hybridized carbons (Fsp3) is 0.211. The molecule has 130 valence electrons. The van der Waals surface area contributed by atoms with Crippen LogP contribution in [0.25, 0.3) is 11.1 Å². The number of nitrogens with zero attached hydrogens (tertiary/aromatic N) is 1. The van der Waals surface area contributed by atoms with Crippen LogP contribution in [0.3, 0.4) is 0 Å². The molecule has 0 radical (unpaired) electrons. The maximum Gasteiger partial charge on any atom is 0.388 e. The monoisotopic (exact) mass is 379 g/mol. The van der Waals surface area contributed by atoms with E-state index in [4.69, 9.17) is 11.6 Å². The molecule has 0 N–H and O–H groups in total. The first kappa shape index (κ1) is 17.8. The molecule has 0 aliphatic heterocycles. The van der Waals surface area contributed by atoms with Crippen LogP contribution >= 0.6 is 22.9 Å². The van der Waals surface area contributed by atoms with Crippen molar-refractivity contribution < 1.29 is 13.5 Å². The average molecular weight is 380 g/mol. The van der Waals surface area contributed by atoms with Crippen molar-refractivity contribution in [2.24, 2.45) is 0 Å². The summed E-state index contributed by atoms with van der Waals surface area (Å²) >= 11 is 7.77. The molecule has 2 heterocycles. The number of rotatable bonds is 5.